The Hall–Kier alpha value is -3.56. The molecule has 51 heavy (non-hydrogen) atoms. The lowest BCUT2D eigenvalue weighted by atomic mass is 9.91. The van der Waals surface area contributed by atoms with Crippen molar-refractivity contribution < 1.29 is 23.1 Å². The van der Waals surface area contributed by atoms with Crippen molar-refractivity contribution >= 4 is 46.7 Å². The van der Waals surface area contributed by atoms with Crippen LogP contribution in [0, 0.1) is 6.92 Å². The van der Waals surface area contributed by atoms with Gasteiger partial charge < -0.3 is 25.1 Å². The van der Waals surface area contributed by atoms with Gasteiger partial charge in [0.1, 0.15) is 6.29 Å². The number of anilines is 2. The number of nitrogens with one attached hydrogen (secondary N) is 2. The van der Waals surface area contributed by atoms with E-state index < -0.39 is 6.61 Å². The van der Waals surface area contributed by atoms with Gasteiger partial charge in [-0.1, -0.05) is 25.3 Å². The lowest BCUT2D eigenvalue weighted by Gasteiger charge is -2.49. The Labute approximate surface area is 304 Å². The summed E-state index contributed by atoms with van der Waals surface area (Å²) >= 11 is 1.90. The molecule has 0 radical (unpaired) electrons. The van der Waals surface area contributed by atoms with Crippen LogP contribution in [-0.2, 0) is 16.6 Å². The van der Waals surface area contributed by atoms with E-state index in [1.165, 1.54) is 49.3 Å². The molecule has 5 heterocycles. The number of aldehydes is 1. The maximum Gasteiger partial charge on any atom is 0.387 e. The third-order valence-corrected chi connectivity index (χ3v) is 11.5. The molecule has 2 aromatic heterocycles. The number of benzene rings is 1. The number of piperazine rings is 1. The molecule has 2 bridgehead atoms. The van der Waals surface area contributed by atoms with E-state index in [0.29, 0.717) is 36.9 Å². The normalized spacial score (nSPS) is 20.5. The van der Waals surface area contributed by atoms with Crippen molar-refractivity contribution in [2.24, 2.45) is 7.05 Å². The molecule has 12 nitrogen and oxygen atoms in total. The number of carbonyl (C=O) groups is 2. The second kappa shape index (κ2) is 18.3. The van der Waals surface area contributed by atoms with Gasteiger partial charge in [0, 0.05) is 81.6 Å². The quantitative estimate of drug-likeness (QED) is 0.175. The third-order valence-electron chi connectivity index (χ3n) is 10.2. The molecule has 6 rings (SSSR count). The molecule has 0 spiro atoms. The van der Waals surface area contributed by atoms with Crippen LogP contribution in [0.15, 0.2) is 24.5 Å². The number of halogens is 2. The summed E-state index contributed by atoms with van der Waals surface area (Å²) in [5.41, 5.74) is 4.31. The Balaban J connectivity index is 0.000000211. The van der Waals surface area contributed by atoms with Gasteiger partial charge in [-0.2, -0.15) is 13.9 Å². The van der Waals surface area contributed by atoms with Crippen molar-refractivity contribution in [1.82, 2.24) is 34.3 Å². The highest BCUT2D eigenvalue weighted by Crippen LogP contribution is 2.36. The molecule has 3 aliphatic heterocycles. The Morgan fingerprint density at radius 2 is 1.78 bits per heavy atom. The second-order valence-corrected chi connectivity index (χ2v) is 14.9. The first-order valence-corrected chi connectivity index (χ1v) is 19.1. The van der Waals surface area contributed by atoms with Crippen molar-refractivity contribution in [1.29, 1.82) is 0 Å². The predicted molar refractivity (Wildman–Crippen MR) is 199 cm³/mol. The van der Waals surface area contributed by atoms with Crippen molar-refractivity contribution in [3.63, 3.8) is 0 Å². The smallest absolute Gasteiger partial charge is 0.387 e. The molecule has 0 saturated carbocycles. The van der Waals surface area contributed by atoms with Crippen LogP contribution in [0.25, 0.3) is 10.9 Å². The summed E-state index contributed by atoms with van der Waals surface area (Å²) in [7, 11) is 5.82. The van der Waals surface area contributed by atoms with E-state index in [2.05, 4.69) is 77.6 Å². The number of piperidine rings is 2. The fourth-order valence-corrected chi connectivity index (χ4v) is 8.23. The van der Waals surface area contributed by atoms with E-state index in [-0.39, 0.29) is 17.6 Å². The topological polar surface area (TPSA) is 121 Å². The lowest BCUT2D eigenvalue weighted by Crippen LogP contribution is -2.59. The van der Waals surface area contributed by atoms with E-state index in [0.717, 1.165) is 67.7 Å². The first-order chi connectivity index (χ1) is 24.6. The minimum Gasteiger partial charge on any atom is -0.432 e. The Morgan fingerprint density at radius 1 is 1.10 bits per heavy atom. The Kier molecular flexibility index (Phi) is 13.9. The molecule has 3 saturated heterocycles. The number of likely N-dealkylation sites (N-methyl/N-ethyl adjacent to an activating group) is 1. The summed E-state index contributed by atoms with van der Waals surface area (Å²) in [5, 5.41) is 11.6. The molecular formula is C36H53F2N9O3S. The van der Waals surface area contributed by atoms with Crippen LogP contribution in [0.1, 0.15) is 75.5 Å². The summed E-state index contributed by atoms with van der Waals surface area (Å²) in [6, 6.07) is 5.99. The van der Waals surface area contributed by atoms with Crippen molar-refractivity contribution in [2.75, 3.05) is 56.2 Å². The molecular weight excluding hydrogens is 677 g/mol. The molecule has 2 N–H and O–H groups in total. The van der Waals surface area contributed by atoms with E-state index in [4.69, 9.17) is 0 Å². The molecule has 3 atom stereocenters. The van der Waals surface area contributed by atoms with Gasteiger partial charge >= 0.3 is 6.61 Å². The average molecular weight is 730 g/mol. The third kappa shape index (κ3) is 10.1. The first kappa shape index (κ1) is 38.7. The minimum atomic E-state index is -2.85. The van der Waals surface area contributed by atoms with Gasteiger partial charge in [0.2, 0.25) is 11.9 Å². The highest BCUT2D eigenvalue weighted by molar-refractivity contribution is 7.97. The summed E-state index contributed by atoms with van der Waals surface area (Å²) in [4.78, 5) is 36.6. The van der Waals surface area contributed by atoms with Gasteiger partial charge in [0.15, 0.2) is 5.75 Å². The maximum absolute atomic E-state index is 12.0. The van der Waals surface area contributed by atoms with Crippen molar-refractivity contribution in [3.8, 4) is 5.75 Å². The first-order valence-electron chi connectivity index (χ1n) is 18.1. The molecule has 0 aliphatic carbocycles. The molecule has 3 fully saturated rings. The average Bonchev–Trinajstić information content (AvgIpc) is 3.42. The molecule has 1 aromatic carbocycles. The SMILES string of the molecule is CCCSN1CCC(Nc2ncc(OC(F)F)cn2)CC1.CNC(=O)CCC(C=O)c1nn(C)c2cc(N3CC4CCCC(C3)N4C)c(C)cc12. The number of aryl methyl sites for hydroxylation is 2. The summed E-state index contributed by atoms with van der Waals surface area (Å²) in [6.07, 6.45) is 11.3. The number of hydrogen-bond donors (Lipinski definition) is 2. The standard InChI is InChI=1S/C23H33N5O2.C13H20F2N4OS/c1-15-10-19-21(27(4)25-23(19)16(14-29)8-9-22(30)24-2)11-20(15)28-12-17-6-5-7-18(13-28)26(17)3;1-2-7-21-19-5-3-10(4-6-19)18-13-16-8-11(9-17-13)20-12(14)15/h10-11,14,16-18H,5-9,12-13H2,1-4H3,(H,24,30);8-10,12H,2-7H2,1H3,(H,16,17,18). The highest BCUT2D eigenvalue weighted by Gasteiger charge is 2.35. The maximum atomic E-state index is 12.0. The number of amides is 1. The van der Waals surface area contributed by atoms with Gasteiger partial charge in [0.05, 0.1) is 29.5 Å². The van der Waals surface area contributed by atoms with E-state index >= 15 is 0 Å². The van der Waals surface area contributed by atoms with Crippen LogP contribution in [0.2, 0.25) is 0 Å². The van der Waals surface area contributed by atoms with Crippen LogP contribution in [0.3, 0.4) is 0 Å². The van der Waals surface area contributed by atoms with Gasteiger partial charge in [-0.05, 0) is 70.2 Å². The van der Waals surface area contributed by atoms with Crippen LogP contribution in [0.5, 0.6) is 5.75 Å². The number of ether oxygens (including phenoxy) is 1. The number of rotatable bonds is 13. The van der Waals surface area contributed by atoms with Crippen LogP contribution in [-0.4, -0.2) is 112 Å². The second-order valence-electron chi connectivity index (χ2n) is 13.7. The fourth-order valence-electron chi connectivity index (χ4n) is 7.32. The van der Waals surface area contributed by atoms with Crippen LogP contribution < -0.4 is 20.3 Å². The number of fused-ring (bicyclic) bond motifs is 3. The van der Waals surface area contributed by atoms with Gasteiger partial charge in [-0.3, -0.25) is 18.7 Å². The molecule has 1 amide bonds. The predicted octanol–water partition coefficient (Wildman–Crippen LogP) is 5.38. The van der Waals surface area contributed by atoms with Gasteiger partial charge in [0.25, 0.3) is 0 Å². The van der Waals surface area contributed by atoms with Crippen LogP contribution in [0.4, 0.5) is 20.4 Å². The largest absolute Gasteiger partial charge is 0.432 e. The van der Waals surface area contributed by atoms with E-state index in [9.17, 15) is 18.4 Å². The zero-order chi connectivity index (χ0) is 36.5. The molecule has 280 valence electrons. The van der Waals surface area contributed by atoms with Gasteiger partial charge in [-0.15, -0.1) is 0 Å². The summed E-state index contributed by atoms with van der Waals surface area (Å²) < 4.78 is 32.5. The fraction of sp³-hybridized carbons (Fsp3) is 0.639. The molecule has 3 unspecified atom stereocenters. The van der Waals surface area contributed by atoms with E-state index in [1.807, 2.05) is 23.7 Å². The lowest BCUT2D eigenvalue weighted by molar-refractivity contribution is -0.120. The summed E-state index contributed by atoms with van der Waals surface area (Å²) in [6.45, 7) is 5.68. The van der Waals surface area contributed by atoms with Crippen molar-refractivity contribution in [2.45, 2.75) is 95.9 Å². The zero-order valence-electron chi connectivity index (χ0n) is 30.5. The number of nitrogens with zero attached hydrogens (tertiary/aromatic N) is 7. The number of hydrogen-bond acceptors (Lipinski definition) is 11. The molecule has 3 aliphatic rings. The molecule has 15 heteroatoms. The highest BCUT2D eigenvalue weighted by atomic mass is 32.2. The number of carbonyl (C=O) groups excluding carboxylic acids is 2. The van der Waals surface area contributed by atoms with Gasteiger partial charge in [-0.25, -0.2) is 9.97 Å². The monoisotopic (exact) mass is 729 g/mol. The van der Waals surface area contributed by atoms with Crippen LogP contribution >= 0.6 is 11.9 Å². The summed E-state index contributed by atoms with van der Waals surface area (Å²) in [5.74, 6) is 1.16. The minimum absolute atomic E-state index is 0.0265. The number of aromatic nitrogens is 4. The Bertz CT molecular complexity index is 1570. The Morgan fingerprint density at radius 3 is 2.39 bits per heavy atom. The molecule has 3 aromatic rings. The zero-order valence-corrected chi connectivity index (χ0v) is 31.3. The van der Waals surface area contributed by atoms with Crippen molar-refractivity contribution in [3.05, 3.63) is 35.8 Å². The van der Waals surface area contributed by atoms with E-state index in [1.54, 1.807) is 7.05 Å². The number of alkyl halides is 2.